The van der Waals surface area contributed by atoms with E-state index in [1.807, 2.05) is 0 Å². The van der Waals surface area contributed by atoms with Crippen molar-refractivity contribution in [3.8, 4) is 5.69 Å². The maximum Gasteiger partial charge on any atom is 0.274 e. The van der Waals surface area contributed by atoms with Gasteiger partial charge in [-0.05, 0) is 37.8 Å². The molecule has 1 heterocycles. The van der Waals surface area contributed by atoms with Crippen molar-refractivity contribution in [1.82, 2.24) is 9.78 Å². The number of nitrogens with one attached hydrogen (secondary N) is 1. The normalized spacial score (nSPS) is 14.6. The van der Waals surface area contributed by atoms with Gasteiger partial charge < -0.3 is 0 Å². The zero-order valence-electron chi connectivity index (χ0n) is 9.67. The smallest absolute Gasteiger partial charge is 0.274 e. The molecule has 0 aliphatic heterocycles. The second-order valence-electron chi connectivity index (χ2n) is 4.51. The van der Waals surface area contributed by atoms with Crippen LogP contribution in [0.4, 0.5) is 4.39 Å². The second kappa shape index (κ2) is 4.28. The van der Waals surface area contributed by atoms with E-state index in [2.05, 4.69) is 5.10 Å². The largest absolute Gasteiger partial charge is 0.295 e. The van der Waals surface area contributed by atoms with Crippen LogP contribution in [0.15, 0.2) is 23.0 Å². The van der Waals surface area contributed by atoms with Gasteiger partial charge in [0.15, 0.2) is 0 Å². The van der Waals surface area contributed by atoms with Crippen LogP contribution in [0.1, 0.15) is 24.1 Å². The summed E-state index contributed by atoms with van der Waals surface area (Å²) in [5.41, 5.74) is 2.21. The van der Waals surface area contributed by atoms with Crippen LogP contribution in [0.5, 0.6) is 0 Å². The first-order valence-electron chi connectivity index (χ1n) is 5.95. The highest BCUT2D eigenvalue weighted by Gasteiger charge is 2.18. The van der Waals surface area contributed by atoms with Crippen molar-refractivity contribution in [1.29, 1.82) is 0 Å². The number of rotatable bonds is 1. The first-order chi connectivity index (χ1) is 8.66. The number of halogens is 2. The van der Waals surface area contributed by atoms with Gasteiger partial charge in [0, 0.05) is 17.3 Å². The molecule has 1 aliphatic rings. The fourth-order valence-corrected chi connectivity index (χ4v) is 2.51. The molecule has 0 atom stereocenters. The fraction of sp³-hybridized carbons (Fsp3) is 0.308. The molecule has 1 aromatic carbocycles. The third-order valence-corrected chi connectivity index (χ3v) is 3.64. The summed E-state index contributed by atoms with van der Waals surface area (Å²) < 4.78 is 14.8. The van der Waals surface area contributed by atoms with E-state index in [1.54, 1.807) is 6.07 Å². The number of H-pyrrole nitrogens is 1. The quantitative estimate of drug-likeness (QED) is 0.847. The van der Waals surface area contributed by atoms with Gasteiger partial charge in [0.1, 0.15) is 5.82 Å². The standard InChI is InChI=1S/C13H12ClFN2O/c14-10-6-5-8(7-11(10)15)17-13(18)9-3-1-2-4-12(9)16-17/h5-7,16H,1-4H2. The number of benzene rings is 1. The predicted molar refractivity (Wildman–Crippen MR) is 68.0 cm³/mol. The van der Waals surface area contributed by atoms with E-state index in [0.717, 1.165) is 36.9 Å². The van der Waals surface area contributed by atoms with E-state index in [4.69, 9.17) is 11.6 Å². The maximum absolute atomic E-state index is 13.4. The lowest BCUT2D eigenvalue weighted by atomic mass is 9.98. The Kier molecular flexibility index (Phi) is 2.74. The molecule has 18 heavy (non-hydrogen) atoms. The van der Waals surface area contributed by atoms with Crippen LogP contribution < -0.4 is 5.56 Å². The summed E-state index contributed by atoms with van der Waals surface area (Å²) in [7, 11) is 0. The Morgan fingerprint density at radius 3 is 2.78 bits per heavy atom. The third-order valence-electron chi connectivity index (χ3n) is 3.34. The molecule has 5 heteroatoms. The summed E-state index contributed by atoms with van der Waals surface area (Å²) in [5.74, 6) is -0.520. The summed E-state index contributed by atoms with van der Waals surface area (Å²) in [6, 6.07) is 4.36. The van der Waals surface area contributed by atoms with Gasteiger partial charge in [-0.25, -0.2) is 9.07 Å². The molecule has 0 unspecified atom stereocenters. The van der Waals surface area contributed by atoms with Crippen molar-refractivity contribution in [2.75, 3.05) is 0 Å². The van der Waals surface area contributed by atoms with Gasteiger partial charge in [0.2, 0.25) is 0 Å². The zero-order chi connectivity index (χ0) is 12.7. The molecule has 2 aromatic rings. The minimum Gasteiger partial charge on any atom is -0.295 e. The molecule has 3 rings (SSSR count). The molecule has 1 aliphatic carbocycles. The molecule has 3 nitrogen and oxygen atoms in total. The van der Waals surface area contributed by atoms with Gasteiger partial charge in [-0.3, -0.25) is 9.89 Å². The van der Waals surface area contributed by atoms with E-state index in [1.165, 1.54) is 16.8 Å². The Bertz CT molecular complexity index is 659. The highest BCUT2D eigenvalue weighted by molar-refractivity contribution is 6.30. The van der Waals surface area contributed by atoms with Crippen LogP contribution >= 0.6 is 11.6 Å². The first kappa shape index (κ1) is 11.5. The lowest BCUT2D eigenvalue weighted by Gasteiger charge is -2.07. The van der Waals surface area contributed by atoms with Crippen molar-refractivity contribution in [2.24, 2.45) is 0 Å². The minimum absolute atomic E-state index is 0.0584. The number of aryl methyl sites for hydroxylation is 1. The average molecular weight is 267 g/mol. The number of nitrogens with zero attached hydrogens (tertiary/aromatic N) is 1. The molecule has 1 N–H and O–H groups in total. The van der Waals surface area contributed by atoms with E-state index < -0.39 is 5.82 Å². The Morgan fingerprint density at radius 1 is 1.28 bits per heavy atom. The summed E-state index contributed by atoms with van der Waals surface area (Å²) >= 11 is 5.64. The fourth-order valence-electron chi connectivity index (χ4n) is 2.39. The number of hydrogen-bond donors (Lipinski definition) is 1. The Labute approximate surface area is 108 Å². The average Bonchev–Trinajstić information content (AvgIpc) is 2.71. The van der Waals surface area contributed by atoms with Crippen LogP contribution in [-0.2, 0) is 12.8 Å². The Hall–Kier alpha value is -1.55. The number of aromatic amines is 1. The van der Waals surface area contributed by atoms with Gasteiger partial charge in [-0.15, -0.1) is 0 Å². The van der Waals surface area contributed by atoms with Gasteiger partial charge >= 0.3 is 0 Å². The number of hydrogen-bond acceptors (Lipinski definition) is 1. The highest BCUT2D eigenvalue weighted by atomic mass is 35.5. The van der Waals surface area contributed by atoms with Crippen LogP contribution in [0, 0.1) is 5.82 Å². The Morgan fingerprint density at radius 2 is 2.06 bits per heavy atom. The topological polar surface area (TPSA) is 37.8 Å². The van der Waals surface area contributed by atoms with Gasteiger partial charge in [-0.1, -0.05) is 11.6 Å². The van der Waals surface area contributed by atoms with Crippen LogP contribution in [0.3, 0.4) is 0 Å². The zero-order valence-corrected chi connectivity index (χ0v) is 10.4. The predicted octanol–water partition coefficient (Wildman–Crippen LogP) is 2.84. The second-order valence-corrected chi connectivity index (χ2v) is 4.92. The third kappa shape index (κ3) is 1.77. The van der Waals surface area contributed by atoms with Crippen molar-refractivity contribution in [2.45, 2.75) is 25.7 Å². The molecular formula is C13H12ClFN2O. The molecule has 0 spiro atoms. The van der Waals surface area contributed by atoms with E-state index in [-0.39, 0.29) is 10.6 Å². The molecule has 0 saturated carbocycles. The SMILES string of the molecule is O=c1c2c([nH]n1-c1ccc(Cl)c(F)c1)CCCC2. The number of fused-ring (bicyclic) bond motifs is 1. The molecule has 1 aromatic heterocycles. The molecular weight excluding hydrogens is 255 g/mol. The van der Waals surface area contributed by atoms with Crippen molar-refractivity contribution in [3.63, 3.8) is 0 Å². The summed E-state index contributed by atoms with van der Waals surface area (Å²) in [6.07, 6.45) is 3.80. The Balaban J connectivity index is 2.14. The van der Waals surface area contributed by atoms with E-state index >= 15 is 0 Å². The van der Waals surface area contributed by atoms with Gasteiger partial charge in [-0.2, -0.15) is 0 Å². The molecule has 0 saturated heterocycles. The van der Waals surface area contributed by atoms with Gasteiger partial charge in [0.25, 0.3) is 5.56 Å². The summed E-state index contributed by atoms with van der Waals surface area (Å²) in [5, 5.41) is 3.12. The lowest BCUT2D eigenvalue weighted by Crippen LogP contribution is -2.18. The first-order valence-corrected chi connectivity index (χ1v) is 6.33. The summed E-state index contributed by atoms with van der Waals surface area (Å²) in [4.78, 5) is 12.2. The minimum atomic E-state index is -0.520. The van der Waals surface area contributed by atoms with Crippen molar-refractivity contribution in [3.05, 3.63) is 50.7 Å². The van der Waals surface area contributed by atoms with Crippen molar-refractivity contribution < 1.29 is 4.39 Å². The molecule has 0 bridgehead atoms. The highest BCUT2D eigenvalue weighted by Crippen LogP contribution is 2.20. The molecule has 0 fully saturated rings. The number of aromatic nitrogens is 2. The summed E-state index contributed by atoms with van der Waals surface area (Å²) in [6.45, 7) is 0. The maximum atomic E-state index is 13.4. The molecule has 0 radical (unpaired) electrons. The van der Waals surface area contributed by atoms with Crippen molar-refractivity contribution >= 4 is 11.6 Å². The van der Waals surface area contributed by atoms with Crippen LogP contribution in [0.25, 0.3) is 5.69 Å². The molecule has 0 amide bonds. The van der Waals surface area contributed by atoms with E-state index in [9.17, 15) is 9.18 Å². The van der Waals surface area contributed by atoms with E-state index in [0.29, 0.717) is 5.69 Å². The molecule has 94 valence electrons. The van der Waals surface area contributed by atoms with Crippen LogP contribution in [-0.4, -0.2) is 9.78 Å². The monoisotopic (exact) mass is 266 g/mol. The van der Waals surface area contributed by atoms with Gasteiger partial charge in [0.05, 0.1) is 10.7 Å². The van der Waals surface area contributed by atoms with Crippen LogP contribution in [0.2, 0.25) is 5.02 Å². The lowest BCUT2D eigenvalue weighted by molar-refractivity contribution is 0.625.